The van der Waals surface area contributed by atoms with Crippen LogP contribution in [0, 0.1) is 6.92 Å². The fourth-order valence-electron chi connectivity index (χ4n) is 2.45. The van der Waals surface area contributed by atoms with Crippen LogP contribution in [-0.4, -0.2) is 24.7 Å². The molecule has 108 valence electrons. The number of aryl methyl sites for hydroxylation is 3. The molecule has 0 unspecified atom stereocenters. The molecule has 3 aromatic heterocycles. The molecule has 3 heterocycles. The largest absolute Gasteiger partial charge is 0.303 e. The van der Waals surface area contributed by atoms with Gasteiger partial charge in [-0.15, -0.1) is 0 Å². The lowest BCUT2D eigenvalue weighted by molar-refractivity contribution is 0.751. The minimum absolute atomic E-state index is 0.185. The van der Waals surface area contributed by atoms with Gasteiger partial charge in [0, 0.05) is 12.7 Å². The zero-order valence-corrected chi connectivity index (χ0v) is 12.3. The van der Waals surface area contributed by atoms with Gasteiger partial charge < -0.3 is 4.98 Å². The summed E-state index contributed by atoms with van der Waals surface area (Å²) < 4.78 is 1.60. The van der Waals surface area contributed by atoms with Crippen LogP contribution in [0.5, 0.6) is 0 Å². The van der Waals surface area contributed by atoms with Crippen molar-refractivity contribution in [3.8, 4) is 11.5 Å². The highest BCUT2D eigenvalue weighted by Gasteiger charge is 2.15. The molecular formula is C15H17N5O. The summed E-state index contributed by atoms with van der Waals surface area (Å²) in [7, 11) is 1.77. The number of fused-ring (bicyclic) bond motifs is 1. The van der Waals surface area contributed by atoms with E-state index in [1.807, 2.05) is 25.1 Å². The third kappa shape index (κ3) is 2.33. The zero-order valence-electron chi connectivity index (χ0n) is 12.3. The molecule has 0 saturated carbocycles. The summed E-state index contributed by atoms with van der Waals surface area (Å²) in [6.07, 6.45) is 1.76. The van der Waals surface area contributed by atoms with Crippen molar-refractivity contribution >= 4 is 11.0 Å². The summed E-state index contributed by atoms with van der Waals surface area (Å²) >= 11 is 0. The molecule has 3 rings (SSSR count). The fraction of sp³-hybridized carbons (Fsp3) is 0.333. The van der Waals surface area contributed by atoms with Crippen molar-refractivity contribution in [2.24, 2.45) is 7.05 Å². The molecule has 3 aromatic rings. The van der Waals surface area contributed by atoms with Gasteiger partial charge in [-0.25, -0.2) is 9.97 Å². The van der Waals surface area contributed by atoms with E-state index in [1.54, 1.807) is 11.7 Å². The Morgan fingerprint density at radius 3 is 2.81 bits per heavy atom. The maximum Gasteiger partial charge on any atom is 0.277 e. The highest BCUT2D eigenvalue weighted by atomic mass is 16.1. The molecule has 0 fully saturated rings. The minimum atomic E-state index is -0.185. The van der Waals surface area contributed by atoms with E-state index in [4.69, 9.17) is 0 Å². The first-order valence-corrected chi connectivity index (χ1v) is 7.00. The van der Waals surface area contributed by atoms with Crippen LogP contribution in [-0.2, 0) is 13.5 Å². The molecule has 0 atom stereocenters. The Hall–Kier alpha value is -2.50. The first-order chi connectivity index (χ1) is 10.1. The predicted octanol–water partition coefficient (Wildman–Crippen LogP) is 1.98. The highest BCUT2D eigenvalue weighted by Crippen LogP contribution is 2.18. The first kappa shape index (κ1) is 13.5. The van der Waals surface area contributed by atoms with Crippen LogP contribution in [0.15, 0.2) is 23.0 Å². The van der Waals surface area contributed by atoms with Gasteiger partial charge in [-0.2, -0.15) is 5.10 Å². The van der Waals surface area contributed by atoms with Gasteiger partial charge in [-0.1, -0.05) is 19.4 Å². The molecule has 0 aliphatic heterocycles. The summed E-state index contributed by atoms with van der Waals surface area (Å²) in [5.41, 5.74) is 3.40. The van der Waals surface area contributed by atoms with E-state index in [2.05, 4.69) is 27.0 Å². The Morgan fingerprint density at radius 1 is 1.29 bits per heavy atom. The third-order valence-corrected chi connectivity index (χ3v) is 3.38. The molecule has 6 heteroatoms. The van der Waals surface area contributed by atoms with E-state index in [0.717, 1.165) is 24.2 Å². The monoisotopic (exact) mass is 283 g/mol. The van der Waals surface area contributed by atoms with Crippen molar-refractivity contribution in [1.82, 2.24) is 24.7 Å². The SMILES string of the molecule is CCCc1nn(C)c2c(=O)[nH]c(-c3cccc(C)n3)nc12. The van der Waals surface area contributed by atoms with Gasteiger partial charge in [0.1, 0.15) is 11.2 Å². The normalized spacial score (nSPS) is 11.2. The molecule has 0 aliphatic rings. The van der Waals surface area contributed by atoms with Crippen LogP contribution < -0.4 is 5.56 Å². The molecule has 0 aromatic carbocycles. The van der Waals surface area contributed by atoms with Crippen LogP contribution in [0.3, 0.4) is 0 Å². The molecule has 1 N–H and O–H groups in total. The number of nitrogens with zero attached hydrogens (tertiary/aromatic N) is 4. The van der Waals surface area contributed by atoms with Gasteiger partial charge in [0.2, 0.25) is 0 Å². The number of H-pyrrole nitrogens is 1. The number of aromatic nitrogens is 5. The number of hydrogen-bond donors (Lipinski definition) is 1. The Balaban J connectivity index is 2.27. The van der Waals surface area contributed by atoms with E-state index in [9.17, 15) is 4.79 Å². The second-order valence-electron chi connectivity index (χ2n) is 5.10. The number of hydrogen-bond acceptors (Lipinski definition) is 4. The molecular weight excluding hydrogens is 266 g/mol. The summed E-state index contributed by atoms with van der Waals surface area (Å²) in [6.45, 7) is 3.99. The molecule has 0 spiro atoms. The zero-order chi connectivity index (χ0) is 15.0. The van der Waals surface area contributed by atoms with Gasteiger partial charge in [0.25, 0.3) is 5.56 Å². The van der Waals surface area contributed by atoms with Crippen molar-refractivity contribution in [2.75, 3.05) is 0 Å². The van der Waals surface area contributed by atoms with Crippen LogP contribution in [0.25, 0.3) is 22.6 Å². The highest BCUT2D eigenvalue weighted by molar-refractivity contribution is 5.78. The number of nitrogens with one attached hydrogen (secondary N) is 1. The average molecular weight is 283 g/mol. The van der Waals surface area contributed by atoms with E-state index in [0.29, 0.717) is 22.6 Å². The lowest BCUT2D eigenvalue weighted by atomic mass is 10.2. The lowest BCUT2D eigenvalue weighted by Crippen LogP contribution is -2.12. The molecule has 0 radical (unpaired) electrons. The van der Waals surface area contributed by atoms with Crippen LogP contribution in [0.2, 0.25) is 0 Å². The van der Waals surface area contributed by atoms with Gasteiger partial charge in [0.05, 0.1) is 5.69 Å². The minimum Gasteiger partial charge on any atom is -0.303 e. The van der Waals surface area contributed by atoms with Crippen molar-refractivity contribution in [2.45, 2.75) is 26.7 Å². The molecule has 0 aliphatic carbocycles. The van der Waals surface area contributed by atoms with Crippen molar-refractivity contribution in [1.29, 1.82) is 0 Å². The lowest BCUT2D eigenvalue weighted by Gasteiger charge is -2.02. The van der Waals surface area contributed by atoms with Gasteiger partial charge in [0.15, 0.2) is 11.3 Å². The molecule has 6 nitrogen and oxygen atoms in total. The summed E-state index contributed by atoms with van der Waals surface area (Å²) in [6, 6.07) is 5.65. The average Bonchev–Trinajstić information content (AvgIpc) is 2.76. The van der Waals surface area contributed by atoms with Crippen molar-refractivity contribution in [3.05, 3.63) is 39.9 Å². The maximum atomic E-state index is 12.3. The van der Waals surface area contributed by atoms with E-state index >= 15 is 0 Å². The summed E-state index contributed by atoms with van der Waals surface area (Å²) in [5, 5.41) is 4.41. The number of pyridine rings is 1. The summed E-state index contributed by atoms with van der Waals surface area (Å²) in [4.78, 5) is 24.1. The van der Waals surface area contributed by atoms with Gasteiger partial charge >= 0.3 is 0 Å². The van der Waals surface area contributed by atoms with Crippen LogP contribution in [0.1, 0.15) is 24.7 Å². The predicted molar refractivity (Wildman–Crippen MR) is 81.1 cm³/mol. The molecule has 0 amide bonds. The molecule has 0 bridgehead atoms. The van der Waals surface area contributed by atoms with Crippen LogP contribution in [0.4, 0.5) is 0 Å². The second-order valence-corrected chi connectivity index (χ2v) is 5.10. The standard InChI is InChI=1S/C15H17N5O/c1-4-6-10-12-13(20(3)19-10)15(21)18-14(17-12)11-8-5-7-9(2)16-11/h5,7-8H,4,6H2,1-3H3,(H,17,18,21). The van der Waals surface area contributed by atoms with Crippen molar-refractivity contribution < 1.29 is 0 Å². The van der Waals surface area contributed by atoms with Crippen LogP contribution >= 0.6 is 0 Å². The van der Waals surface area contributed by atoms with Gasteiger partial charge in [-0.05, 0) is 25.5 Å². The Morgan fingerprint density at radius 2 is 2.10 bits per heavy atom. The molecule has 21 heavy (non-hydrogen) atoms. The topological polar surface area (TPSA) is 76.5 Å². The Bertz CT molecular complexity index is 862. The Labute approximate surface area is 121 Å². The molecule has 0 saturated heterocycles. The quantitative estimate of drug-likeness (QED) is 0.797. The van der Waals surface area contributed by atoms with E-state index in [1.165, 1.54) is 0 Å². The summed E-state index contributed by atoms with van der Waals surface area (Å²) in [5.74, 6) is 0.488. The number of rotatable bonds is 3. The van der Waals surface area contributed by atoms with Gasteiger partial charge in [-0.3, -0.25) is 9.48 Å². The smallest absolute Gasteiger partial charge is 0.277 e. The fourth-order valence-corrected chi connectivity index (χ4v) is 2.45. The first-order valence-electron chi connectivity index (χ1n) is 7.00. The van der Waals surface area contributed by atoms with Crippen molar-refractivity contribution in [3.63, 3.8) is 0 Å². The third-order valence-electron chi connectivity index (χ3n) is 3.38. The van der Waals surface area contributed by atoms with E-state index < -0.39 is 0 Å². The number of aromatic amines is 1. The van der Waals surface area contributed by atoms with E-state index in [-0.39, 0.29) is 5.56 Å². The maximum absolute atomic E-state index is 12.3. The Kier molecular flexibility index (Phi) is 3.29. The second kappa shape index (κ2) is 5.12.